The largest absolute Gasteiger partial charge is 0.497 e. The van der Waals surface area contributed by atoms with Crippen LogP contribution in [-0.2, 0) is 4.79 Å². The molecule has 2 aromatic rings. The zero-order chi connectivity index (χ0) is 18.4. The van der Waals surface area contributed by atoms with Crippen molar-refractivity contribution >= 4 is 28.3 Å². The Bertz CT molecular complexity index is 733. The van der Waals surface area contributed by atoms with Gasteiger partial charge in [0.05, 0.1) is 13.7 Å². The van der Waals surface area contributed by atoms with E-state index in [-0.39, 0.29) is 12.5 Å². The summed E-state index contributed by atoms with van der Waals surface area (Å²) in [5, 5.41) is 5.44. The molecule has 1 N–H and O–H groups in total. The number of hydrogen-bond donors (Lipinski definition) is 1. The number of nitrogens with one attached hydrogen (secondary N) is 1. The molecule has 138 valence electrons. The van der Waals surface area contributed by atoms with Crippen molar-refractivity contribution in [3.8, 4) is 5.75 Å². The van der Waals surface area contributed by atoms with E-state index in [1.54, 1.807) is 48.9 Å². The predicted octanol–water partition coefficient (Wildman–Crippen LogP) is 1.62. The number of ether oxygens (including phenoxy) is 1. The molecule has 1 aliphatic heterocycles. The van der Waals surface area contributed by atoms with Gasteiger partial charge in [-0.15, -0.1) is 11.3 Å². The molecule has 0 atom stereocenters. The molecular formula is C18H22N4O3S. The van der Waals surface area contributed by atoms with Crippen molar-refractivity contribution in [2.24, 2.45) is 0 Å². The summed E-state index contributed by atoms with van der Waals surface area (Å²) < 4.78 is 5.06. The number of benzene rings is 1. The van der Waals surface area contributed by atoms with Gasteiger partial charge in [0.2, 0.25) is 5.91 Å². The molecule has 1 aromatic carbocycles. The van der Waals surface area contributed by atoms with Gasteiger partial charge in [-0.1, -0.05) is 0 Å². The van der Waals surface area contributed by atoms with Gasteiger partial charge >= 0.3 is 0 Å². The maximum absolute atomic E-state index is 12.2. The molecule has 1 saturated heterocycles. The van der Waals surface area contributed by atoms with E-state index >= 15 is 0 Å². The molecule has 2 heterocycles. The lowest BCUT2D eigenvalue weighted by atomic mass is 10.2. The Hall–Kier alpha value is -2.45. The summed E-state index contributed by atoms with van der Waals surface area (Å²) in [7, 11) is 1.56. The molecule has 0 spiro atoms. The van der Waals surface area contributed by atoms with Crippen molar-refractivity contribution in [3.63, 3.8) is 0 Å². The molecule has 0 radical (unpaired) electrons. The number of methoxy groups -OCH3 is 1. The number of aromatic nitrogens is 1. The normalized spacial score (nSPS) is 15.3. The molecule has 1 fully saturated rings. The smallest absolute Gasteiger partial charge is 0.257 e. The Morgan fingerprint density at radius 1 is 1.19 bits per heavy atom. The first-order valence-corrected chi connectivity index (χ1v) is 9.38. The third kappa shape index (κ3) is 4.80. The van der Waals surface area contributed by atoms with Crippen molar-refractivity contribution < 1.29 is 14.3 Å². The van der Waals surface area contributed by atoms with Gasteiger partial charge < -0.3 is 9.64 Å². The number of rotatable bonds is 5. The molecule has 2 amide bonds. The van der Waals surface area contributed by atoms with Crippen molar-refractivity contribution in [1.29, 1.82) is 0 Å². The van der Waals surface area contributed by atoms with Crippen molar-refractivity contribution in [2.45, 2.75) is 6.42 Å². The molecule has 8 heteroatoms. The van der Waals surface area contributed by atoms with E-state index in [0.29, 0.717) is 11.3 Å². The lowest BCUT2D eigenvalue weighted by Gasteiger charge is -2.20. The minimum atomic E-state index is -0.392. The van der Waals surface area contributed by atoms with Crippen molar-refractivity contribution in [3.05, 3.63) is 41.4 Å². The van der Waals surface area contributed by atoms with E-state index < -0.39 is 5.91 Å². The molecule has 0 unspecified atom stereocenters. The second kappa shape index (κ2) is 8.77. The average Bonchev–Trinajstić information content (AvgIpc) is 3.09. The number of thiazole rings is 1. The molecule has 3 rings (SSSR count). The first-order chi connectivity index (χ1) is 12.7. The van der Waals surface area contributed by atoms with Crippen molar-refractivity contribution in [1.82, 2.24) is 15.2 Å². The van der Waals surface area contributed by atoms with E-state index in [2.05, 4.69) is 20.1 Å². The number of anilines is 1. The minimum absolute atomic E-state index is 0.216. The third-order valence-electron chi connectivity index (χ3n) is 4.25. The fourth-order valence-corrected chi connectivity index (χ4v) is 3.57. The molecule has 26 heavy (non-hydrogen) atoms. The van der Waals surface area contributed by atoms with Gasteiger partial charge in [-0.05, 0) is 30.7 Å². The number of hydrogen-bond acceptors (Lipinski definition) is 7. The predicted molar refractivity (Wildman–Crippen MR) is 101 cm³/mol. The summed E-state index contributed by atoms with van der Waals surface area (Å²) in [4.78, 5) is 33.0. The second-order valence-electron chi connectivity index (χ2n) is 6.04. The minimum Gasteiger partial charge on any atom is -0.497 e. The molecular weight excluding hydrogens is 352 g/mol. The zero-order valence-corrected chi connectivity index (χ0v) is 15.5. The molecule has 0 saturated carbocycles. The Morgan fingerprint density at radius 2 is 2.00 bits per heavy atom. The number of amides is 2. The number of carbonyl (C=O) groups is 2. The van der Waals surface area contributed by atoms with Crippen LogP contribution in [0.5, 0.6) is 5.75 Å². The highest BCUT2D eigenvalue weighted by atomic mass is 32.1. The van der Waals surface area contributed by atoms with Crippen LogP contribution in [0.3, 0.4) is 0 Å². The highest BCUT2D eigenvalue weighted by molar-refractivity contribution is 7.13. The molecule has 0 bridgehead atoms. The Balaban J connectivity index is 1.48. The summed E-state index contributed by atoms with van der Waals surface area (Å²) in [6.45, 7) is 3.56. The molecule has 1 aliphatic rings. The SMILES string of the molecule is COc1ccc(C(=O)NC(=O)CN2CCCN(c3nccs3)CC2)cc1. The van der Waals surface area contributed by atoms with E-state index in [9.17, 15) is 9.59 Å². The fourth-order valence-electron chi connectivity index (χ4n) is 2.88. The second-order valence-corrected chi connectivity index (χ2v) is 6.91. The van der Waals surface area contributed by atoms with E-state index in [1.807, 2.05) is 5.38 Å². The standard InChI is InChI=1S/C18H22N4O3S/c1-25-15-5-3-14(4-6-15)17(24)20-16(23)13-21-8-2-9-22(11-10-21)18-19-7-12-26-18/h3-7,12H,2,8-11,13H2,1H3,(H,20,23,24). The van der Waals surface area contributed by atoms with E-state index in [4.69, 9.17) is 4.74 Å². The van der Waals surface area contributed by atoms with Gasteiger partial charge in [0.25, 0.3) is 5.91 Å². The van der Waals surface area contributed by atoms with Crippen molar-refractivity contribution in [2.75, 3.05) is 44.7 Å². The highest BCUT2D eigenvalue weighted by Crippen LogP contribution is 2.19. The highest BCUT2D eigenvalue weighted by Gasteiger charge is 2.19. The summed E-state index contributed by atoms with van der Waals surface area (Å²) >= 11 is 1.63. The van der Waals surface area contributed by atoms with Crippen LogP contribution in [0.2, 0.25) is 0 Å². The molecule has 0 aliphatic carbocycles. The summed E-state index contributed by atoms with van der Waals surface area (Å²) in [5.74, 6) is -0.00682. The maximum atomic E-state index is 12.2. The third-order valence-corrected chi connectivity index (χ3v) is 5.08. The molecule has 1 aromatic heterocycles. The Labute approximate surface area is 156 Å². The molecule has 7 nitrogen and oxygen atoms in total. The Morgan fingerprint density at radius 3 is 2.69 bits per heavy atom. The zero-order valence-electron chi connectivity index (χ0n) is 14.7. The van der Waals surface area contributed by atoms with Crippen LogP contribution in [0, 0.1) is 0 Å². The average molecular weight is 374 g/mol. The van der Waals surface area contributed by atoms with Crippen LogP contribution in [0.1, 0.15) is 16.8 Å². The number of carbonyl (C=O) groups excluding carboxylic acids is 2. The lowest BCUT2D eigenvalue weighted by Crippen LogP contribution is -2.41. The lowest BCUT2D eigenvalue weighted by molar-refractivity contribution is -0.121. The van der Waals surface area contributed by atoms with Crippen LogP contribution in [-0.4, -0.2) is 61.5 Å². The van der Waals surface area contributed by atoms with Gasteiger partial charge in [-0.3, -0.25) is 19.8 Å². The first kappa shape index (κ1) is 18.3. The van der Waals surface area contributed by atoms with E-state index in [0.717, 1.165) is 37.7 Å². The summed E-state index contributed by atoms with van der Waals surface area (Å²) in [6.07, 6.45) is 2.76. The van der Waals surface area contributed by atoms with Gasteiger partial charge in [-0.25, -0.2) is 4.98 Å². The van der Waals surface area contributed by atoms with Crippen LogP contribution >= 0.6 is 11.3 Å². The van der Waals surface area contributed by atoms with Gasteiger partial charge in [0, 0.05) is 43.3 Å². The van der Waals surface area contributed by atoms with Crippen LogP contribution in [0.4, 0.5) is 5.13 Å². The van der Waals surface area contributed by atoms with Gasteiger partial charge in [0.15, 0.2) is 5.13 Å². The van der Waals surface area contributed by atoms with Crippen LogP contribution in [0.25, 0.3) is 0 Å². The van der Waals surface area contributed by atoms with Crippen LogP contribution in [0.15, 0.2) is 35.8 Å². The monoisotopic (exact) mass is 374 g/mol. The van der Waals surface area contributed by atoms with Gasteiger partial charge in [-0.2, -0.15) is 0 Å². The number of imide groups is 1. The topological polar surface area (TPSA) is 74.8 Å². The van der Waals surface area contributed by atoms with E-state index in [1.165, 1.54) is 0 Å². The quantitative estimate of drug-likeness (QED) is 0.857. The van der Waals surface area contributed by atoms with Gasteiger partial charge in [0.1, 0.15) is 5.75 Å². The first-order valence-electron chi connectivity index (χ1n) is 8.51. The number of nitrogens with zero attached hydrogens (tertiary/aromatic N) is 3. The summed E-state index contributed by atoms with van der Waals surface area (Å²) in [6, 6.07) is 6.67. The fraction of sp³-hybridized carbons (Fsp3) is 0.389. The summed E-state index contributed by atoms with van der Waals surface area (Å²) in [5.41, 5.74) is 0.435. The maximum Gasteiger partial charge on any atom is 0.257 e. The van der Waals surface area contributed by atoms with Crippen LogP contribution < -0.4 is 15.0 Å². The Kier molecular flexibility index (Phi) is 6.19.